The van der Waals surface area contributed by atoms with Gasteiger partial charge in [-0.3, -0.25) is 10.1 Å². The first kappa shape index (κ1) is 13.2. The molecule has 18 heavy (non-hydrogen) atoms. The van der Waals surface area contributed by atoms with Crippen LogP contribution in [-0.2, 0) is 0 Å². The van der Waals surface area contributed by atoms with Crippen molar-refractivity contribution >= 4 is 21.5 Å². The maximum atomic E-state index is 10.5. The van der Waals surface area contributed by atoms with Gasteiger partial charge < -0.3 is 10.4 Å². The zero-order valence-electron chi connectivity index (χ0n) is 10.1. The molecule has 0 amide bonds. The lowest BCUT2D eigenvalue weighted by molar-refractivity contribution is -0.380. The van der Waals surface area contributed by atoms with Crippen LogP contribution in [0.4, 0.5) is 10.1 Å². The zero-order chi connectivity index (χ0) is 13.0. The third-order valence-electron chi connectivity index (χ3n) is 3.54. The summed E-state index contributed by atoms with van der Waals surface area (Å²) in [6.07, 6.45) is 6.78. The van der Waals surface area contributed by atoms with Gasteiger partial charge in [-0.2, -0.15) is 0 Å². The Morgan fingerprint density at radius 3 is 2.78 bits per heavy atom. The maximum absolute atomic E-state index is 10.5. The Bertz CT molecular complexity index is 415. The van der Waals surface area contributed by atoms with Crippen LogP contribution >= 0.6 is 11.3 Å². The number of hydrogen-bond donors (Lipinski definition) is 2. The monoisotopic (exact) mass is 271 g/mol. The molecule has 1 heterocycles. The molecule has 0 aliphatic heterocycles. The molecule has 1 aromatic heterocycles. The van der Waals surface area contributed by atoms with Crippen LogP contribution in [0.2, 0.25) is 0 Å². The van der Waals surface area contributed by atoms with Crippen LogP contribution in [0.5, 0.6) is 0 Å². The molecule has 1 aromatic rings. The zero-order valence-corrected chi connectivity index (χ0v) is 10.9. The highest BCUT2D eigenvalue weighted by molar-refractivity contribution is 7.18. The van der Waals surface area contributed by atoms with E-state index in [1.165, 1.54) is 12.6 Å². The number of thiazole rings is 1. The van der Waals surface area contributed by atoms with Crippen LogP contribution in [0.15, 0.2) is 6.20 Å². The van der Waals surface area contributed by atoms with E-state index in [9.17, 15) is 15.2 Å². The lowest BCUT2D eigenvalue weighted by Gasteiger charge is -2.35. The van der Waals surface area contributed by atoms with Crippen LogP contribution in [0.1, 0.15) is 32.1 Å². The van der Waals surface area contributed by atoms with E-state index >= 15 is 0 Å². The van der Waals surface area contributed by atoms with Gasteiger partial charge in [-0.05, 0) is 24.2 Å². The van der Waals surface area contributed by atoms with E-state index in [1.54, 1.807) is 0 Å². The Morgan fingerprint density at radius 1 is 1.50 bits per heavy atom. The summed E-state index contributed by atoms with van der Waals surface area (Å²) in [6, 6.07) is 0. The molecule has 0 bridgehead atoms. The number of rotatable bonds is 5. The number of aliphatic hydroxyl groups excluding tert-OH is 1. The SMILES string of the molecule is O=[N+]([O-])c1cnc(NCC2(CO)CCCCC2)s1. The predicted octanol–water partition coefficient (Wildman–Crippen LogP) is 2.41. The second-order valence-electron chi connectivity index (χ2n) is 4.83. The van der Waals surface area contributed by atoms with Gasteiger partial charge in [0, 0.05) is 12.0 Å². The van der Waals surface area contributed by atoms with Gasteiger partial charge in [-0.15, -0.1) is 0 Å². The molecule has 0 aromatic carbocycles. The van der Waals surface area contributed by atoms with Crippen LogP contribution in [0.25, 0.3) is 0 Å². The molecule has 6 nitrogen and oxygen atoms in total. The van der Waals surface area contributed by atoms with Gasteiger partial charge >= 0.3 is 5.00 Å². The fourth-order valence-corrected chi connectivity index (χ4v) is 3.02. The van der Waals surface area contributed by atoms with Crippen molar-refractivity contribution in [3.63, 3.8) is 0 Å². The molecule has 7 heteroatoms. The van der Waals surface area contributed by atoms with Crippen molar-refractivity contribution in [2.75, 3.05) is 18.5 Å². The molecule has 1 aliphatic carbocycles. The molecule has 0 saturated heterocycles. The van der Waals surface area contributed by atoms with E-state index in [0.29, 0.717) is 11.7 Å². The standard InChI is InChI=1S/C11H17N3O3S/c15-8-11(4-2-1-3-5-11)7-13-10-12-6-9(18-10)14(16)17/h6,15H,1-5,7-8H2,(H,12,13). The van der Waals surface area contributed by atoms with Crippen LogP contribution in [-0.4, -0.2) is 28.2 Å². The Morgan fingerprint density at radius 2 is 2.22 bits per heavy atom. The van der Waals surface area contributed by atoms with E-state index in [1.807, 2.05) is 0 Å². The number of anilines is 1. The molecular weight excluding hydrogens is 254 g/mol. The summed E-state index contributed by atoms with van der Waals surface area (Å²) in [5.74, 6) is 0. The highest BCUT2D eigenvalue weighted by Gasteiger charge is 2.31. The number of hydrogen-bond acceptors (Lipinski definition) is 6. The number of nitrogens with zero attached hydrogens (tertiary/aromatic N) is 2. The first-order chi connectivity index (χ1) is 8.65. The van der Waals surface area contributed by atoms with Crippen LogP contribution in [0.3, 0.4) is 0 Å². The van der Waals surface area contributed by atoms with Crippen LogP contribution in [0, 0.1) is 15.5 Å². The quantitative estimate of drug-likeness (QED) is 0.634. The lowest BCUT2D eigenvalue weighted by Crippen LogP contribution is -2.35. The van der Waals surface area contributed by atoms with Crippen molar-refractivity contribution in [3.8, 4) is 0 Å². The van der Waals surface area contributed by atoms with E-state index in [2.05, 4.69) is 10.3 Å². The van der Waals surface area contributed by atoms with Gasteiger partial charge in [0.05, 0.1) is 11.5 Å². The van der Waals surface area contributed by atoms with Gasteiger partial charge in [0.2, 0.25) is 0 Å². The van der Waals surface area contributed by atoms with E-state index in [-0.39, 0.29) is 17.0 Å². The molecule has 0 atom stereocenters. The average molecular weight is 271 g/mol. The topological polar surface area (TPSA) is 88.3 Å². The Balaban J connectivity index is 1.94. The number of aromatic nitrogens is 1. The van der Waals surface area contributed by atoms with Crippen molar-refractivity contribution in [1.82, 2.24) is 4.98 Å². The molecule has 0 spiro atoms. The Hall–Kier alpha value is -1.21. The molecule has 2 rings (SSSR count). The molecule has 0 unspecified atom stereocenters. The highest BCUT2D eigenvalue weighted by Crippen LogP contribution is 2.36. The second-order valence-corrected chi connectivity index (χ2v) is 5.84. The minimum absolute atomic E-state index is 0.0409. The van der Waals surface area contributed by atoms with Crippen molar-refractivity contribution in [3.05, 3.63) is 16.3 Å². The molecule has 100 valence electrons. The highest BCUT2D eigenvalue weighted by atomic mass is 32.1. The van der Waals surface area contributed by atoms with Gasteiger partial charge in [0.15, 0.2) is 5.13 Å². The van der Waals surface area contributed by atoms with Crippen molar-refractivity contribution < 1.29 is 10.0 Å². The Kier molecular flexibility index (Phi) is 4.13. The van der Waals surface area contributed by atoms with E-state index < -0.39 is 4.92 Å². The van der Waals surface area contributed by atoms with Gasteiger partial charge in [0.1, 0.15) is 6.20 Å². The third-order valence-corrected chi connectivity index (χ3v) is 4.44. The van der Waals surface area contributed by atoms with E-state index in [0.717, 1.165) is 37.0 Å². The van der Waals surface area contributed by atoms with Crippen molar-refractivity contribution in [1.29, 1.82) is 0 Å². The summed E-state index contributed by atoms with van der Waals surface area (Å²) in [6.45, 7) is 0.793. The number of nitro groups is 1. The molecular formula is C11H17N3O3S. The average Bonchev–Trinajstić information content (AvgIpc) is 2.87. The van der Waals surface area contributed by atoms with E-state index in [4.69, 9.17) is 0 Å². The maximum Gasteiger partial charge on any atom is 0.345 e. The van der Waals surface area contributed by atoms with Crippen molar-refractivity contribution in [2.45, 2.75) is 32.1 Å². The molecule has 0 radical (unpaired) electrons. The largest absolute Gasteiger partial charge is 0.396 e. The normalized spacial score (nSPS) is 18.5. The lowest BCUT2D eigenvalue weighted by atomic mass is 9.74. The fraction of sp³-hybridized carbons (Fsp3) is 0.727. The van der Waals surface area contributed by atoms with Gasteiger partial charge in [0.25, 0.3) is 0 Å². The Labute approximate surface area is 109 Å². The number of aliphatic hydroxyl groups is 1. The third kappa shape index (κ3) is 2.97. The molecule has 1 aliphatic rings. The summed E-state index contributed by atoms with van der Waals surface area (Å²) in [5.41, 5.74) is -0.0846. The summed E-state index contributed by atoms with van der Waals surface area (Å²) >= 11 is 1.04. The minimum Gasteiger partial charge on any atom is -0.396 e. The number of nitrogens with one attached hydrogen (secondary N) is 1. The first-order valence-electron chi connectivity index (χ1n) is 6.10. The summed E-state index contributed by atoms with van der Waals surface area (Å²) < 4.78 is 0. The van der Waals surface area contributed by atoms with Crippen molar-refractivity contribution in [2.24, 2.45) is 5.41 Å². The van der Waals surface area contributed by atoms with Crippen LogP contribution < -0.4 is 5.32 Å². The fourth-order valence-electron chi connectivity index (χ4n) is 2.39. The summed E-state index contributed by atoms with van der Waals surface area (Å²) in [4.78, 5) is 14.1. The smallest absolute Gasteiger partial charge is 0.345 e. The second kappa shape index (κ2) is 5.62. The molecule has 1 fully saturated rings. The van der Waals surface area contributed by atoms with Gasteiger partial charge in [-0.25, -0.2) is 4.98 Å². The summed E-state index contributed by atoms with van der Waals surface area (Å²) in [7, 11) is 0. The molecule has 2 N–H and O–H groups in total. The predicted molar refractivity (Wildman–Crippen MR) is 69.9 cm³/mol. The van der Waals surface area contributed by atoms with Gasteiger partial charge in [-0.1, -0.05) is 19.3 Å². The summed E-state index contributed by atoms with van der Waals surface area (Å²) in [5, 5.41) is 23.8. The first-order valence-corrected chi connectivity index (χ1v) is 6.92. The molecule has 1 saturated carbocycles. The minimum atomic E-state index is -0.439.